The number of aryl methyl sites for hydroxylation is 1. The van der Waals surface area contributed by atoms with Gasteiger partial charge in [-0.05, 0) is 54.5 Å². The molecule has 1 heterocycles. The lowest BCUT2D eigenvalue weighted by Crippen LogP contribution is -2.03. The van der Waals surface area contributed by atoms with Crippen molar-refractivity contribution in [1.29, 1.82) is 0 Å². The number of nitrogens with zero attached hydrogens (tertiary/aromatic N) is 2. The molecule has 30 heavy (non-hydrogen) atoms. The SMILES string of the molecule is CCCOc1ccc(C=CC(=O)c2ccc(OCc3nccn3C)cc2)cc1OC. The van der Waals surface area contributed by atoms with Gasteiger partial charge in [0.25, 0.3) is 0 Å². The van der Waals surface area contributed by atoms with Crippen LogP contribution in [0.25, 0.3) is 6.08 Å². The van der Waals surface area contributed by atoms with Crippen LogP contribution >= 0.6 is 0 Å². The Hall–Kier alpha value is -3.54. The highest BCUT2D eigenvalue weighted by atomic mass is 16.5. The van der Waals surface area contributed by atoms with Crippen LogP contribution in [0.3, 0.4) is 0 Å². The van der Waals surface area contributed by atoms with Crippen molar-refractivity contribution >= 4 is 11.9 Å². The van der Waals surface area contributed by atoms with E-state index >= 15 is 0 Å². The van der Waals surface area contributed by atoms with Crippen molar-refractivity contribution in [2.24, 2.45) is 7.05 Å². The fourth-order valence-corrected chi connectivity index (χ4v) is 2.79. The fourth-order valence-electron chi connectivity index (χ4n) is 2.79. The van der Waals surface area contributed by atoms with E-state index in [-0.39, 0.29) is 5.78 Å². The number of hydrogen-bond acceptors (Lipinski definition) is 5. The zero-order chi connectivity index (χ0) is 21.3. The third-order valence-electron chi connectivity index (χ3n) is 4.50. The maximum atomic E-state index is 12.5. The number of allylic oxidation sites excluding steroid dienone is 1. The van der Waals surface area contributed by atoms with Crippen molar-refractivity contribution < 1.29 is 19.0 Å². The molecule has 1 aromatic heterocycles. The molecule has 0 radical (unpaired) electrons. The summed E-state index contributed by atoms with van der Waals surface area (Å²) in [6.07, 6.45) is 7.83. The summed E-state index contributed by atoms with van der Waals surface area (Å²) < 4.78 is 18.7. The minimum Gasteiger partial charge on any atom is -0.493 e. The van der Waals surface area contributed by atoms with Crippen LogP contribution in [0.2, 0.25) is 0 Å². The molecule has 6 heteroatoms. The molecule has 0 aliphatic heterocycles. The highest BCUT2D eigenvalue weighted by Gasteiger charge is 2.06. The second-order valence-electron chi connectivity index (χ2n) is 6.72. The van der Waals surface area contributed by atoms with Crippen LogP contribution in [0.5, 0.6) is 17.2 Å². The Balaban J connectivity index is 1.61. The van der Waals surface area contributed by atoms with Crippen LogP contribution in [0, 0.1) is 0 Å². The lowest BCUT2D eigenvalue weighted by molar-refractivity contribution is 0.104. The van der Waals surface area contributed by atoms with E-state index in [4.69, 9.17) is 14.2 Å². The second kappa shape index (κ2) is 10.3. The molecule has 0 bridgehead atoms. The third kappa shape index (κ3) is 5.50. The van der Waals surface area contributed by atoms with Gasteiger partial charge in [-0.25, -0.2) is 4.98 Å². The van der Waals surface area contributed by atoms with E-state index in [0.717, 1.165) is 17.8 Å². The summed E-state index contributed by atoms with van der Waals surface area (Å²) in [6, 6.07) is 12.7. The zero-order valence-corrected chi connectivity index (χ0v) is 17.5. The van der Waals surface area contributed by atoms with E-state index in [2.05, 4.69) is 4.98 Å². The molecule has 6 nitrogen and oxygen atoms in total. The topological polar surface area (TPSA) is 62.6 Å². The molecule has 0 spiro atoms. The van der Waals surface area contributed by atoms with Crippen molar-refractivity contribution in [3.63, 3.8) is 0 Å². The number of carbonyl (C=O) groups excluding carboxylic acids is 1. The van der Waals surface area contributed by atoms with Gasteiger partial charge in [-0.15, -0.1) is 0 Å². The maximum Gasteiger partial charge on any atom is 0.185 e. The van der Waals surface area contributed by atoms with Gasteiger partial charge in [-0.1, -0.05) is 19.1 Å². The van der Waals surface area contributed by atoms with E-state index in [1.54, 1.807) is 49.7 Å². The Labute approximate surface area is 176 Å². The number of ether oxygens (including phenoxy) is 3. The molecule has 156 valence electrons. The molecule has 0 N–H and O–H groups in total. The highest BCUT2D eigenvalue weighted by Crippen LogP contribution is 2.28. The molecule has 0 amide bonds. The van der Waals surface area contributed by atoms with Crippen LogP contribution in [-0.2, 0) is 13.7 Å². The predicted octanol–water partition coefficient (Wildman–Crippen LogP) is 4.69. The number of aromatic nitrogens is 2. The summed E-state index contributed by atoms with van der Waals surface area (Å²) in [5.41, 5.74) is 1.45. The van der Waals surface area contributed by atoms with Crippen LogP contribution in [-0.4, -0.2) is 29.1 Å². The van der Waals surface area contributed by atoms with E-state index < -0.39 is 0 Å². The minimum absolute atomic E-state index is 0.0871. The Morgan fingerprint density at radius 3 is 2.57 bits per heavy atom. The van der Waals surface area contributed by atoms with Crippen molar-refractivity contribution in [3.8, 4) is 17.2 Å². The van der Waals surface area contributed by atoms with E-state index in [0.29, 0.717) is 36.0 Å². The quantitative estimate of drug-likeness (QED) is 0.361. The van der Waals surface area contributed by atoms with E-state index in [9.17, 15) is 4.79 Å². The van der Waals surface area contributed by atoms with Crippen LogP contribution in [0.4, 0.5) is 0 Å². The average Bonchev–Trinajstić information content (AvgIpc) is 3.19. The molecular formula is C24H26N2O4. The van der Waals surface area contributed by atoms with Gasteiger partial charge >= 0.3 is 0 Å². The molecular weight excluding hydrogens is 380 g/mol. The molecule has 0 fully saturated rings. The standard InChI is InChI=1S/C24H26N2O4/c1-4-15-29-22-12-6-18(16-23(22)28-3)5-11-21(27)19-7-9-20(10-8-19)30-17-24-25-13-14-26(24)2/h5-14,16H,4,15,17H2,1-3H3. The highest BCUT2D eigenvalue weighted by molar-refractivity contribution is 6.06. The molecule has 2 aromatic carbocycles. The molecule has 0 atom stereocenters. The van der Waals surface area contributed by atoms with E-state index in [1.165, 1.54) is 0 Å². The van der Waals surface area contributed by atoms with Crippen LogP contribution in [0.1, 0.15) is 35.1 Å². The van der Waals surface area contributed by atoms with Crippen molar-refractivity contribution in [3.05, 3.63) is 77.9 Å². The zero-order valence-electron chi connectivity index (χ0n) is 17.5. The molecule has 0 aliphatic rings. The minimum atomic E-state index is -0.0871. The molecule has 0 saturated carbocycles. The van der Waals surface area contributed by atoms with Crippen molar-refractivity contribution in [1.82, 2.24) is 9.55 Å². The van der Waals surface area contributed by atoms with E-state index in [1.807, 2.05) is 42.9 Å². The molecule has 3 rings (SSSR count). The lowest BCUT2D eigenvalue weighted by atomic mass is 10.1. The largest absolute Gasteiger partial charge is 0.493 e. The average molecular weight is 406 g/mol. The first-order valence-electron chi connectivity index (χ1n) is 9.83. The predicted molar refractivity (Wildman–Crippen MR) is 116 cm³/mol. The molecule has 0 aliphatic carbocycles. The Kier molecular flexibility index (Phi) is 7.27. The number of hydrogen-bond donors (Lipinski definition) is 0. The first-order valence-corrected chi connectivity index (χ1v) is 9.83. The van der Waals surface area contributed by atoms with Crippen LogP contribution < -0.4 is 14.2 Å². The molecule has 3 aromatic rings. The summed E-state index contributed by atoms with van der Waals surface area (Å²) in [4.78, 5) is 16.7. The van der Waals surface area contributed by atoms with Gasteiger partial charge in [0.15, 0.2) is 17.3 Å². The number of benzene rings is 2. The fraction of sp³-hybridized carbons (Fsp3) is 0.250. The number of imidazole rings is 1. The smallest absolute Gasteiger partial charge is 0.185 e. The van der Waals surface area contributed by atoms with Gasteiger partial charge in [0.2, 0.25) is 0 Å². The normalized spacial score (nSPS) is 10.9. The van der Waals surface area contributed by atoms with Gasteiger partial charge in [-0.3, -0.25) is 4.79 Å². The van der Waals surface area contributed by atoms with Gasteiger partial charge in [-0.2, -0.15) is 0 Å². The molecule has 0 unspecified atom stereocenters. The molecule has 0 saturated heterocycles. The first kappa shape index (κ1) is 21.2. The van der Waals surface area contributed by atoms with Gasteiger partial charge in [0.05, 0.1) is 13.7 Å². The third-order valence-corrected chi connectivity index (χ3v) is 4.50. The monoisotopic (exact) mass is 406 g/mol. The Morgan fingerprint density at radius 1 is 1.10 bits per heavy atom. The lowest BCUT2D eigenvalue weighted by Gasteiger charge is -2.10. The van der Waals surface area contributed by atoms with Gasteiger partial charge in [0, 0.05) is 25.0 Å². The Bertz CT molecular complexity index is 1010. The van der Waals surface area contributed by atoms with Crippen LogP contribution in [0.15, 0.2) is 60.9 Å². The van der Waals surface area contributed by atoms with Crippen molar-refractivity contribution in [2.75, 3.05) is 13.7 Å². The number of ketones is 1. The summed E-state index contributed by atoms with van der Waals surface area (Å²) in [5.74, 6) is 2.78. The van der Waals surface area contributed by atoms with Crippen molar-refractivity contribution in [2.45, 2.75) is 20.0 Å². The summed E-state index contributed by atoms with van der Waals surface area (Å²) in [6.45, 7) is 3.05. The summed E-state index contributed by atoms with van der Waals surface area (Å²) in [5, 5.41) is 0. The second-order valence-corrected chi connectivity index (χ2v) is 6.72. The summed E-state index contributed by atoms with van der Waals surface area (Å²) in [7, 11) is 3.52. The number of rotatable bonds is 10. The van der Waals surface area contributed by atoms with Gasteiger partial charge < -0.3 is 18.8 Å². The first-order chi connectivity index (χ1) is 14.6. The Morgan fingerprint density at radius 2 is 1.90 bits per heavy atom. The maximum absolute atomic E-state index is 12.5. The number of carbonyl (C=O) groups is 1. The summed E-state index contributed by atoms with van der Waals surface area (Å²) >= 11 is 0. The number of methoxy groups -OCH3 is 1. The van der Waals surface area contributed by atoms with Gasteiger partial charge in [0.1, 0.15) is 18.2 Å².